The molecule has 0 radical (unpaired) electrons. The summed E-state index contributed by atoms with van der Waals surface area (Å²) in [7, 11) is 0. The molecule has 0 saturated carbocycles. The first-order valence-electron chi connectivity index (χ1n) is 5.98. The fourth-order valence-electron chi connectivity index (χ4n) is 1.73. The highest BCUT2D eigenvalue weighted by atomic mass is 32.2. The molecule has 6 heteroatoms. The first kappa shape index (κ1) is 13.8. The third-order valence-electron chi connectivity index (χ3n) is 2.55. The van der Waals surface area contributed by atoms with Gasteiger partial charge in [0.1, 0.15) is 23.0 Å². The van der Waals surface area contributed by atoms with E-state index in [9.17, 15) is 4.39 Å². The number of hydrazine groups is 1. The fraction of sp³-hybridized carbons (Fsp3) is 0.231. The van der Waals surface area contributed by atoms with Crippen LogP contribution < -0.4 is 11.3 Å². The monoisotopic (exact) mass is 278 g/mol. The molecule has 0 aliphatic carbocycles. The van der Waals surface area contributed by atoms with Crippen molar-refractivity contribution in [3.63, 3.8) is 0 Å². The van der Waals surface area contributed by atoms with Crippen molar-refractivity contribution in [2.45, 2.75) is 29.7 Å². The Kier molecular flexibility index (Phi) is 4.70. The second-order valence-electron chi connectivity index (χ2n) is 3.96. The van der Waals surface area contributed by atoms with Crippen LogP contribution in [0.1, 0.15) is 18.9 Å². The molecule has 1 aromatic carbocycles. The Morgan fingerprint density at radius 1 is 1.37 bits per heavy atom. The average molecular weight is 278 g/mol. The lowest BCUT2D eigenvalue weighted by molar-refractivity contribution is 0.624. The van der Waals surface area contributed by atoms with Gasteiger partial charge in [-0.1, -0.05) is 31.2 Å². The lowest BCUT2D eigenvalue weighted by atomic mass is 10.2. The molecule has 1 aromatic heterocycles. The van der Waals surface area contributed by atoms with Gasteiger partial charge in [-0.05, 0) is 24.6 Å². The third kappa shape index (κ3) is 3.42. The molecule has 0 aliphatic heterocycles. The molecule has 2 aromatic rings. The zero-order valence-corrected chi connectivity index (χ0v) is 11.4. The highest BCUT2D eigenvalue weighted by Crippen LogP contribution is 2.31. The summed E-state index contributed by atoms with van der Waals surface area (Å²) in [6.07, 6.45) is 3.23. The quantitative estimate of drug-likeness (QED) is 0.500. The van der Waals surface area contributed by atoms with Crippen molar-refractivity contribution in [3.8, 4) is 0 Å². The third-order valence-corrected chi connectivity index (χ3v) is 3.59. The molecule has 1 heterocycles. The van der Waals surface area contributed by atoms with Gasteiger partial charge < -0.3 is 5.43 Å². The number of halogens is 1. The molecule has 19 heavy (non-hydrogen) atoms. The van der Waals surface area contributed by atoms with E-state index in [1.165, 1.54) is 30.2 Å². The normalized spacial score (nSPS) is 10.5. The fourth-order valence-corrected chi connectivity index (χ4v) is 2.69. The summed E-state index contributed by atoms with van der Waals surface area (Å²) >= 11 is 1.41. The van der Waals surface area contributed by atoms with Crippen LogP contribution in [0, 0.1) is 5.82 Å². The Morgan fingerprint density at radius 2 is 2.21 bits per heavy atom. The van der Waals surface area contributed by atoms with Crippen molar-refractivity contribution in [2.75, 3.05) is 5.43 Å². The van der Waals surface area contributed by atoms with Crippen LogP contribution in [0.15, 0.2) is 40.5 Å². The summed E-state index contributed by atoms with van der Waals surface area (Å²) in [5.41, 5.74) is 3.54. The molecule has 0 unspecified atom stereocenters. The van der Waals surface area contributed by atoms with Crippen LogP contribution in [0.5, 0.6) is 0 Å². The van der Waals surface area contributed by atoms with Crippen molar-refractivity contribution < 1.29 is 4.39 Å². The second-order valence-corrected chi connectivity index (χ2v) is 5.02. The average Bonchev–Trinajstić information content (AvgIpc) is 2.41. The molecule has 0 amide bonds. The molecule has 0 fully saturated rings. The van der Waals surface area contributed by atoms with Gasteiger partial charge in [0, 0.05) is 10.5 Å². The van der Waals surface area contributed by atoms with Crippen molar-refractivity contribution in [2.24, 2.45) is 5.84 Å². The van der Waals surface area contributed by atoms with Crippen LogP contribution in [0.2, 0.25) is 0 Å². The Balaban J connectivity index is 2.33. The summed E-state index contributed by atoms with van der Waals surface area (Å²) in [6.45, 7) is 2.07. The van der Waals surface area contributed by atoms with Gasteiger partial charge in [0.05, 0.1) is 0 Å². The molecular formula is C13H15FN4S. The summed E-state index contributed by atoms with van der Waals surface area (Å²) in [5.74, 6) is 5.82. The van der Waals surface area contributed by atoms with Gasteiger partial charge in [0.2, 0.25) is 0 Å². The Hall–Kier alpha value is -1.66. The number of nitrogens with zero attached hydrogens (tertiary/aromatic N) is 2. The number of rotatable bonds is 5. The maximum absolute atomic E-state index is 13.2. The van der Waals surface area contributed by atoms with Crippen LogP contribution in [0.4, 0.5) is 10.2 Å². The van der Waals surface area contributed by atoms with Crippen molar-refractivity contribution in [1.82, 2.24) is 9.97 Å². The minimum Gasteiger partial charge on any atom is -0.308 e. The zero-order chi connectivity index (χ0) is 13.7. The predicted octanol–water partition coefficient (Wildman–Crippen LogP) is 3.01. The van der Waals surface area contributed by atoms with Gasteiger partial charge in [-0.3, -0.25) is 0 Å². The number of aromatic nitrogens is 2. The summed E-state index contributed by atoms with van der Waals surface area (Å²) in [6, 6.07) is 6.43. The number of hydrogen-bond acceptors (Lipinski definition) is 5. The summed E-state index contributed by atoms with van der Waals surface area (Å²) in [5, 5.41) is 0.801. The van der Waals surface area contributed by atoms with Crippen LogP contribution >= 0.6 is 11.8 Å². The van der Waals surface area contributed by atoms with E-state index >= 15 is 0 Å². The van der Waals surface area contributed by atoms with Crippen LogP contribution in [0.25, 0.3) is 0 Å². The molecule has 0 aliphatic rings. The molecule has 4 nitrogen and oxygen atoms in total. The van der Waals surface area contributed by atoms with E-state index in [1.54, 1.807) is 6.07 Å². The smallest absolute Gasteiger partial charge is 0.147 e. The topological polar surface area (TPSA) is 63.8 Å². The molecule has 0 saturated heterocycles. The SMILES string of the molecule is CCCc1c(NN)ncnc1Sc1cccc(F)c1. The first-order valence-corrected chi connectivity index (χ1v) is 6.80. The number of hydrogen-bond donors (Lipinski definition) is 2. The van der Waals surface area contributed by atoms with Crippen LogP contribution in [-0.4, -0.2) is 9.97 Å². The van der Waals surface area contributed by atoms with Gasteiger partial charge >= 0.3 is 0 Å². The highest BCUT2D eigenvalue weighted by Gasteiger charge is 2.11. The van der Waals surface area contributed by atoms with E-state index in [2.05, 4.69) is 22.3 Å². The molecular weight excluding hydrogens is 263 g/mol. The minimum atomic E-state index is -0.256. The molecule has 3 N–H and O–H groups in total. The van der Waals surface area contributed by atoms with Gasteiger partial charge in [0.15, 0.2) is 0 Å². The van der Waals surface area contributed by atoms with E-state index < -0.39 is 0 Å². The standard InChI is InChI=1S/C13H15FN4S/c1-2-4-11-12(18-15)16-8-17-13(11)19-10-6-3-5-9(14)7-10/h3,5-8H,2,4,15H2,1H3,(H,16,17,18). The number of nitrogens with two attached hydrogens (primary N) is 1. The molecule has 2 rings (SSSR count). The molecule has 0 atom stereocenters. The van der Waals surface area contributed by atoms with E-state index in [0.717, 1.165) is 28.3 Å². The van der Waals surface area contributed by atoms with Crippen LogP contribution in [0.3, 0.4) is 0 Å². The summed E-state index contributed by atoms with van der Waals surface area (Å²) < 4.78 is 13.2. The number of nitrogens with one attached hydrogen (secondary N) is 1. The molecule has 100 valence electrons. The lowest BCUT2D eigenvalue weighted by Crippen LogP contribution is -2.12. The zero-order valence-electron chi connectivity index (χ0n) is 10.6. The van der Waals surface area contributed by atoms with E-state index in [4.69, 9.17) is 5.84 Å². The number of nitrogen functional groups attached to an aromatic ring is 1. The largest absolute Gasteiger partial charge is 0.308 e. The van der Waals surface area contributed by atoms with Gasteiger partial charge in [-0.2, -0.15) is 0 Å². The Labute approximate surface area is 115 Å². The van der Waals surface area contributed by atoms with Crippen LogP contribution in [-0.2, 0) is 6.42 Å². The highest BCUT2D eigenvalue weighted by molar-refractivity contribution is 7.99. The molecule has 0 spiro atoms. The predicted molar refractivity (Wildman–Crippen MR) is 74.4 cm³/mol. The van der Waals surface area contributed by atoms with Gasteiger partial charge in [-0.25, -0.2) is 20.2 Å². The minimum absolute atomic E-state index is 0.256. The van der Waals surface area contributed by atoms with Gasteiger partial charge in [0.25, 0.3) is 0 Å². The maximum Gasteiger partial charge on any atom is 0.147 e. The number of benzene rings is 1. The Morgan fingerprint density at radius 3 is 2.89 bits per heavy atom. The van der Waals surface area contributed by atoms with E-state index in [-0.39, 0.29) is 5.82 Å². The maximum atomic E-state index is 13.2. The lowest BCUT2D eigenvalue weighted by Gasteiger charge is -2.11. The van der Waals surface area contributed by atoms with E-state index in [1.807, 2.05) is 6.07 Å². The first-order chi connectivity index (χ1) is 9.24. The Bertz CT molecular complexity index is 562. The van der Waals surface area contributed by atoms with Crippen molar-refractivity contribution >= 4 is 17.6 Å². The van der Waals surface area contributed by atoms with E-state index in [0.29, 0.717) is 5.82 Å². The van der Waals surface area contributed by atoms with Crippen molar-refractivity contribution in [1.29, 1.82) is 0 Å². The van der Waals surface area contributed by atoms with Crippen molar-refractivity contribution in [3.05, 3.63) is 42.0 Å². The molecule has 0 bridgehead atoms. The second kappa shape index (κ2) is 6.49. The number of anilines is 1. The summed E-state index contributed by atoms with van der Waals surface area (Å²) in [4.78, 5) is 9.17. The van der Waals surface area contributed by atoms with Gasteiger partial charge in [-0.15, -0.1) is 0 Å².